The summed E-state index contributed by atoms with van der Waals surface area (Å²) in [7, 11) is 0. The molecule has 0 aliphatic carbocycles. The van der Waals surface area contributed by atoms with E-state index in [2.05, 4.69) is 17.6 Å². The van der Waals surface area contributed by atoms with Crippen molar-refractivity contribution in [2.24, 2.45) is 0 Å². The van der Waals surface area contributed by atoms with Crippen molar-refractivity contribution < 1.29 is 19.4 Å². The average molecular weight is 306 g/mol. The third-order valence-corrected chi connectivity index (χ3v) is 3.69. The van der Waals surface area contributed by atoms with Crippen LogP contribution in [0.4, 0.5) is 4.79 Å². The number of benzene rings is 1. The Hall–Kier alpha value is -2.24. The molecule has 0 aromatic heterocycles. The Morgan fingerprint density at radius 3 is 2.95 bits per heavy atom. The fraction of sp³-hybridized carbons (Fsp3) is 0.500. The van der Waals surface area contributed by atoms with Gasteiger partial charge in [0.1, 0.15) is 5.75 Å². The van der Waals surface area contributed by atoms with Gasteiger partial charge < -0.3 is 20.5 Å². The number of fused-ring (bicyclic) bond motifs is 1. The van der Waals surface area contributed by atoms with Gasteiger partial charge in [-0.3, -0.25) is 4.79 Å². The molecule has 1 unspecified atom stereocenters. The van der Waals surface area contributed by atoms with Crippen molar-refractivity contribution in [3.8, 4) is 5.75 Å². The predicted octanol–water partition coefficient (Wildman–Crippen LogP) is 2.24. The Balaban J connectivity index is 1.92. The van der Waals surface area contributed by atoms with Crippen molar-refractivity contribution in [2.75, 3.05) is 13.2 Å². The number of para-hydroxylation sites is 1. The van der Waals surface area contributed by atoms with Crippen LogP contribution in [-0.2, 0) is 11.2 Å². The van der Waals surface area contributed by atoms with Gasteiger partial charge in [0.2, 0.25) is 0 Å². The molecule has 6 heteroatoms. The molecule has 0 spiro atoms. The SMILES string of the molecule is CCc1cccc2c1OCCC2NC(=O)NCCCC(=O)O. The number of carboxylic acid groups (broad SMARTS) is 1. The Morgan fingerprint density at radius 2 is 2.23 bits per heavy atom. The molecule has 1 atom stereocenters. The second-order valence-electron chi connectivity index (χ2n) is 5.28. The van der Waals surface area contributed by atoms with Crippen LogP contribution in [0.3, 0.4) is 0 Å². The number of carbonyl (C=O) groups excluding carboxylic acids is 1. The Labute approximate surface area is 129 Å². The first-order valence-electron chi connectivity index (χ1n) is 7.62. The first-order valence-corrected chi connectivity index (χ1v) is 7.62. The Morgan fingerprint density at radius 1 is 1.41 bits per heavy atom. The third-order valence-electron chi connectivity index (χ3n) is 3.69. The average Bonchev–Trinajstić information content (AvgIpc) is 2.51. The summed E-state index contributed by atoms with van der Waals surface area (Å²) < 4.78 is 5.75. The number of amides is 2. The first-order chi connectivity index (χ1) is 10.6. The lowest BCUT2D eigenvalue weighted by atomic mass is 9.97. The van der Waals surface area contributed by atoms with Crippen LogP contribution in [0.2, 0.25) is 0 Å². The van der Waals surface area contributed by atoms with E-state index in [4.69, 9.17) is 9.84 Å². The van der Waals surface area contributed by atoms with Gasteiger partial charge >= 0.3 is 12.0 Å². The quantitative estimate of drug-likeness (QED) is 0.703. The molecule has 0 saturated carbocycles. The number of aryl methyl sites for hydroxylation is 1. The summed E-state index contributed by atoms with van der Waals surface area (Å²) in [5, 5.41) is 14.2. The zero-order valence-corrected chi connectivity index (χ0v) is 12.7. The smallest absolute Gasteiger partial charge is 0.315 e. The zero-order chi connectivity index (χ0) is 15.9. The van der Waals surface area contributed by atoms with Crippen LogP contribution < -0.4 is 15.4 Å². The molecule has 0 bridgehead atoms. The highest BCUT2D eigenvalue weighted by Crippen LogP contribution is 2.35. The summed E-state index contributed by atoms with van der Waals surface area (Å²) >= 11 is 0. The van der Waals surface area contributed by atoms with Crippen molar-refractivity contribution >= 4 is 12.0 Å². The maximum atomic E-state index is 11.9. The number of nitrogens with one attached hydrogen (secondary N) is 2. The standard InChI is InChI=1S/C16H22N2O4/c1-2-11-5-3-6-12-13(8-10-22-15(11)12)18-16(21)17-9-4-7-14(19)20/h3,5-6,13H,2,4,7-10H2,1H3,(H,19,20)(H2,17,18,21). The normalized spacial score (nSPS) is 16.3. The van der Waals surface area contributed by atoms with Crippen LogP contribution in [0.5, 0.6) is 5.75 Å². The lowest BCUT2D eigenvalue weighted by Crippen LogP contribution is -2.40. The fourth-order valence-electron chi connectivity index (χ4n) is 2.57. The van der Waals surface area contributed by atoms with Gasteiger partial charge in [0, 0.05) is 24.9 Å². The van der Waals surface area contributed by atoms with E-state index in [-0.39, 0.29) is 18.5 Å². The fourth-order valence-corrected chi connectivity index (χ4v) is 2.57. The Kier molecular flexibility index (Phi) is 5.63. The maximum absolute atomic E-state index is 11.9. The number of aliphatic carboxylic acids is 1. The van der Waals surface area contributed by atoms with Crippen molar-refractivity contribution in [1.82, 2.24) is 10.6 Å². The second-order valence-corrected chi connectivity index (χ2v) is 5.28. The molecule has 3 N–H and O–H groups in total. The van der Waals surface area contributed by atoms with Crippen LogP contribution in [0.25, 0.3) is 0 Å². The number of rotatable bonds is 6. The van der Waals surface area contributed by atoms with Gasteiger partial charge in [-0.1, -0.05) is 25.1 Å². The van der Waals surface area contributed by atoms with E-state index in [1.165, 1.54) is 0 Å². The van der Waals surface area contributed by atoms with Gasteiger partial charge in [-0.25, -0.2) is 4.79 Å². The van der Waals surface area contributed by atoms with E-state index in [0.29, 0.717) is 19.6 Å². The largest absolute Gasteiger partial charge is 0.493 e. The van der Waals surface area contributed by atoms with Gasteiger partial charge in [-0.2, -0.15) is 0 Å². The maximum Gasteiger partial charge on any atom is 0.315 e. The summed E-state index contributed by atoms with van der Waals surface area (Å²) in [6.45, 7) is 3.00. The van der Waals surface area contributed by atoms with Crippen LogP contribution >= 0.6 is 0 Å². The minimum Gasteiger partial charge on any atom is -0.493 e. The molecule has 22 heavy (non-hydrogen) atoms. The minimum absolute atomic E-state index is 0.0558. The van der Waals surface area contributed by atoms with Gasteiger partial charge in [-0.05, 0) is 18.4 Å². The topological polar surface area (TPSA) is 87.7 Å². The van der Waals surface area contributed by atoms with Gasteiger partial charge in [0.15, 0.2) is 0 Å². The van der Waals surface area contributed by atoms with E-state index in [1.54, 1.807) is 0 Å². The molecule has 1 heterocycles. The van der Waals surface area contributed by atoms with Crippen molar-refractivity contribution in [1.29, 1.82) is 0 Å². The van der Waals surface area contributed by atoms with Crippen molar-refractivity contribution in [2.45, 2.75) is 38.6 Å². The van der Waals surface area contributed by atoms with E-state index in [1.807, 2.05) is 18.2 Å². The number of urea groups is 1. The molecule has 1 aliphatic heterocycles. The highest BCUT2D eigenvalue weighted by atomic mass is 16.5. The molecular formula is C16H22N2O4. The molecule has 0 fully saturated rings. The highest BCUT2D eigenvalue weighted by molar-refractivity contribution is 5.74. The van der Waals surface area contributed by atoms with E-state index >= 15 is 0 Å². The zero-order valence-electron chi connectivity index (χ0n) is 12.7. The van der Waals surface area contributed by atoms with E-state index < -0.39 is 5.97 Å². The molecule has 1 aromatic carbocycles. The Bertz CT molecular complexity index is 545. The minimum atomic E-state index is -0.854. The summed E-state index contributed by atoms with van der Waals surface area (Å²) in [4.78, 5) is 22.3. The summed E-state index contributed by atoms with van der Waals surface area (Å²) in [6, 6.07) is 5.64. The molecule has 1 aromatic rings. The molecule has 2 rings (SSSR count). The van der Waals surface area contributed by atoms with Gasteiger partial charge in [0.25, 0.3) is 0 Å². The number of hydrogen-bond donors (Lipinski definition) is 3. The van der Waals surface area contributed by atoms with E-state index in [0.717, 1.165) is 29.7 Å². The first kappa shape index (κ1) is 16.1. The summed E-state index contributed by atoms with van der Waals surface area (Å²) in [5.41, 5.74) is 2.15. The molecule has 0 radical (unpaired) electrons. The van der Waals surface area contributed by atoms with Crippen molar-refractivity contribution in [3.63, 3.8) is 0 Å². The van der Waals surface area contributed by atoms with Crippen LogP contribution in [-0.4, -0.2) is 30.3 Å². The van der Waals surface area contributed by atoms with Crippen LogP contribution in [0.15, 0.2) is 18.2 Å². The molecule has 120 valence electrons. The third kappa shape index (κ3) is 4.13. The molecule has 0 saturated heterocycles. The van der Waals surface area contributed by atoms with Gasteiger partial charge in [0.05, 0.1) is 12.6 Å². The summed E-state index contributed by atoms with van der Waals surface area (Å²) in [6.07, 6.45) is 2.09. The second kappa shape index (κ2) is 7.68. The van der Waals surface area contributed by atoms with Crippen molar-refractivity contribution in [3.05, 3.63) is 29.3 Å². The van der Waals surface area contributed by atoms with Crippen LogP contribution in [0.1, 0.15) is 43.4 Å². The molecule has 1 aliphatic rings. The molecule has 2 amide bonds. The van der Waals surface area contributed by atoms with Crippen LogP contribution in [0, 0.1) is 0 Å². The summed E-state index contributed by atoms with van der Waals surface area (Å²) in [5.74, 6) is 0.0279. The highest BCUT2D eigenvalue weighted by Gasteiger charge is 2.24. The number of ether oxygens (including phenoxy) is 1. The number of hydrogen-bond acceptors (Lipinski definition) is 3. The predicted molar refractivity (Wildman–Crippen MR) is 82.1 cm³/mol. The van der Waals surface area contributed by atoms with Gasteiger partial charge in [-0.15, -0.1) is 0 Å². The number of carbonyl (C=O) groups is 2. The lowest BCUT2D eigenvalue weighted by molar-refractivity contribution is -0.137. The van der Waals surface area contributed by atoms with E-state index in [9.17, 15) is 9.59 Å². The number of carboxylic acids is 1. The monoisotopic (exact) mass is 306 g/mol. The molecule has 6 nitrogen and oxygen atoms in total. The lowest BCUT2D eigenvalue weighted by Gasteiger charge is -2.28. The molecular weight excluding hydrogens is 284 g/mol.